The first-order chi connectivity index (χ1) is 9.72. The highest BCUT2D eigenvalue weighted by Gasteiger charge is 2.38. The molecular formula is C18H19NO. The molecule has 2 atom stereocenters. The second kappa shape index (κ2) is 4.35. The lowest BCUT2D eigenvalue weighted by Crippen LogP contribution is -2.14. The predicted octanol–water partition coefficient (Wildman–Crippen LogP) is 3.91. The highest BCUT2D eigenvalue weighted by Crippen LogP contribution is 2.49. The summed E-state index contributed by atoms with van der Waals surface area (Å²) >= 11 is 0. The molecule has 0 saturated carbocycles. The summed E-state index contributed by atoms with van der Waals surface area (Å²) in [6, 6.07) is 15.1. The summed E-state index contributed by atoms with van der Waals surface area (Å²) in [6.07, 6.45) is 0. The van der Waals surface area contributed by atoms with E-state index < -0.39 is 0 Å². The fraction of sp³-hybridized carbons (Fsp3) is 0.333. The van der Waals surface area contributed by atoms with Gasteiger partial charge in [-0.05, 0) is 31.7 Å². The summed E-state index contributed by atoms with van der Waals surface area (Å²) < 4.78 is 6.21. The van der Waals surface area contributed by atoms with Crippen molar-refractivity contribution < 1.29 is 4.74 Å². The van der Waals surface area contributed by atoms with Gasteiger partial charge in [0, 0.05) is 30.5 Å². The van der Waals surface area contributed by atoms with Crippen molar-refractivity contribution in [3.05, 3.63) is 59.2 Å². The van der Waals surface area contributed by atoms with E-state index in [0.717, 1.165) is 24.6 Å². The number of nitrogens with zero attached hydrogens (tertiary/aromatic N) is 1. The van der Waals surface area contributed by atoms with Gasteiger partial charge in [0.25, 0.3) is 0 Å². The second-order valence-electron chi connectivity index (χ2n) is 6.12. The van der Waals surface area contributed by atoms with Gasteiger partial charge in [-0.25, -0.2) is 0 Å². The van der Waals surface area contributed by atoms with Gasteiger partial charge in [0.05, 0.1) is 0 Å². The summed E-state index contributed by atoms with van der Waals surface area (Å²) in [5, 5.41) is 0. The number of likely N-dealkylation sites (tertiary alicyclic amines) is 1. The molecule has 1 fully saturated rings. The van der Waals surface area contributed by atoms with Crippen LogP contribution in [-0.4, -0.2) is 25.0 Å². The van der Waals surface area contributed by atoms with Crippen molar-refractivity contribution in [1.29, 1.82) is 0 Å². The lowest BCUT2D eigenvalue weighted by molar-refractivity contribution is 0.401. The SMILES string of the molecule is Cc1ccc2c(c1)[C@H]1CN(C)C[C@H]1c1ccccc1O2. The minimum absolute atomic E-state index is 0.540. The van der Waals surface area contributed by atoms with Crippen LogP contribution in [0.4, 0.5) is 0 Å². The van der Waals surface area contributed by atoms with E-state index >= 15 is 0 Å². The van der Waals surface area contributed by atoms with Gasteiger partial charge in [-0.15, -0.1) is 0 Å². The van der Waals surface area contributed by atoms with Crippen molar-refractivity contribution in [2.75, 3.05) is 20.1 Å². The molecule has 2 aliphatic rings. The van der Waals surface area contributed by atoms with Crippen LogP contribution < -0.4 is 4.74 Å². The van der Waals surface area contributed by atoms with Crippen molar-refractivity contribution in [3.63, 3.8) is 0 Å². The molecule has 2 nitrogen and oxygen atoms in total. The summed E-state index contributed by atoms with van der Waals surface area (Å²) in [6.45, 7) is 4.38. The van der Waals surface area contributed by atoms with Gasteiger partial charge in [-0.3, -0.25) is 0 Å². The van der Waals surface area contributed by atoms with Gasteiger partial charge in [0.2, 0.25) is 0 Å². The second-order valence-corrected chi connectivity index (χ2v) is 6.12. The number of para-hydroxylation sites is 1. The van der Waals surface area contributed by atoms with Crippen molar-refractivity contribution in [1.82, 2.24) is 4.90 Å². The number of fused-ring (bicyclic) bond motifs is 5. The Morgan fingerprint density at radius 1 is 0.950 bits per heavy atom. The van der Waals surface area contributed by atoms with Crippen molar-refractivity contribution in [2.45, 2.75) is 18.8 Å². The molecule has 2 aromatic rings. The Hall–Kier alpha value is -1.80. The average molecular weight is 265 g/mol. The first-order valence-electron chi connectivity index (χ1n) is 7.28. The monoisotopic (exact) mass is 265 g/mol. The Labute approximate surface area is 120 Å². The standard InChI is InChI=1S/C18H19NO/c1-12-7-8-18-14(9-12)16-11-19(2)10-15(16)13-5-3-4-6-17(13)20-18/h3-9,15-16H,10-11H2,1-2H3/t15-,16+/m0/s1. The molecule has 0 aliphatic carbocycles. The van der Waals surface area contributed by atoms with Crippen molar-refractivity contribution in [3.8, 4) is 11.5 Å². The lowest BCUT2D eigenvalue weighted by Gasteiger charge is -2.17. The number of rotatable bonds is 0. The molecule has 1 saturated heterocycles. The number of hydrogen-bond acceptors (Lipinski definition) is 2. The molecule has 2 aliphatic heterocycles. The third-order valence-electron chi connectivity index (χ3n) is 4.61. The van der Waals surface area contributed by atoms with Gasteiger partial charge in [-0.1, -0.05) is 35.9 Å². The molecule has 4 rings (SSSR count). The van der Waals surface area contributed by atoms with E-state index in [1.54, 1.807) is 0 Å². The molecule has 0 spiro atoms. The number of benzene rings is 2. The molecule has 0 N–H and O–H groups in total. The predicted molar refractivity (Wildman–Crippen MR) is 80.7 cm³/mol. The fourth-order valence-electron chi connectivity index (χ4n) is 3.68. The summed E-state index contributed by atoms with van der Waals surface area (Å²) in [5.74, 6) is 3.14. The van der Waals surface area contributed by atoms with Gasteiger partial charge in [0.15, 0.2) is 0 Å². The largest absolute Gasteiger partial charge is 0.457 e. The highest BCUT2D eigenvalue weighted by atomic mass is 16.5. The number of ether oxygens (including phenoxy) is 1. The van der Waals surface area contributed by atoms with Crippen LogP contribution in [0.25, 0.3) is 0 Å². The Morgan fingerprint density at radius 3 is 2.50 bits per heavy atom. The minimum atomic E-state index is 0.540. The number of hydrogen-bond donors (Lipinski definition) is 0. The van der Waals surface area contributed by atoms with E-state index in [1.165, 1.54) is 16.7 Å². The Balaban J connectivity index is 1.93. The highest BCUT2D eigenvalue weighted by molar-refractivity contribution is 5.51. The van der Waals surface area contributed by atoms with Crippen molar-refractivity contribution in [2.24, 2.45) is 0 Å². The third kappa shape index (κ3) is 1.75. The maximum absolute atomic E-state index is 6.21. The van der Waals surface area contributed by atoms with E-state index in [2.05, 4.69) is 61.3 Å². The van der Waals surface area contributed by atoms with Crippen molar-refractivity contribution >= 4 is 0 Å². The molecule has 102 valence electrons. The van der Waals surface area contributed by atoms with Crippen LogP contribution in [0.2, 0.25) is 0 Å². The Kier molecular flexibility index (Phi) is 2.61. The molecule has 2 heterocycles. The molecule has 0 amide bonds. The molecule has 0 bridgehead atoms. The zero-order chi connectivity index (χ0) is 13.7. The average Bonchev–Trinajstić information content (AvgIpc) is 2.78. The maximum atomic E-state index is 6.21. The van der Waals surface area contributed by atoms with Gasteiger partial charge in [-0.2, -0.15) is 0 Å². The fourth-order valence-corrected chi connectivity index (χ4v) is 3.68. The van der Waals surface area contributed by atoms with E-state index in [1.807, 2.05) is 0 Å². The Bertz CT molecular complexity index is 664. The van der Waals surface area contributed by atoms with E-state index in [4.69, 9.17) is 4.74 Å². The first-order valence-corrected chi connectivity index (χ1v) is 7.28. The van der Waals surface area contributed by atoms with Gasteiger partial charge in [0.1, 0.15) is 11.5 Å². The molecule has 2 heteroatoms. The molecule has 20 heavy (non-hydrogen) atoms. The van der Waals surface area contributed by atoms with Gasteiger partial charge >= 0.3 is 0 Å². The van der Waals surface area contributed by atoms with Crippen LogP contribution in [-0.2, 0) is 0 Å². The summed E-state index contributed by atoms with van der Waals surface area (Å²) in [7, 11) is 2.22. The first kappa shape index (κ1) is 12.0. The number of aryl methyl sites for hydroxylation is 1. The topological polar surface area (TPSA) is 12.5 Å². The van der Waals surface area contributed by atoms with Crippen LogP contribution in [0.3, 0.4) is 0 Å². The third-order valence-corrected chi connectivity index (χ3v) is 4.61. The van der Waals surface area contributed by atoms with Crippen LogP contribution in [0.15, 0.2) is 42.5 Å². The van der Waals surface area contributed by atoms with E-state index in [0.29, 0.717) is 11.8 Å². The van der Waals surface area contributed by atoms with Crippen LogP contribution in [0.1, 0.15) is 28.5 Å². The molecule has 0 aromatic heterocycles. The van der Waals surface area contributed by atoms with E-state index in [-0.39, 0.29) is 0 Å². The zero-order valence-corrected chi connectivity index (χ0v) is 12.0. The van der Waals surface area contributed by atoms with E-state index in [9.17, 15) is 0 Å². The quantitative estimate of drug-likeness (QED) is 0.716. The molecule has 2 aromatic carbocycles. The lowest BCUT2D eigenvalue weighted by atomic mass is 9.84. The van der Waals surface area contributed by atoms with Gasteiger partial charge < -0.3 is 9.64 Å². The van der Waals surface area contributed by atoms with Crippen LogP contribution in [0.5, 0.6) is 11.5 Å². The smallest absolute Gasteiger partial charge is 0.131 e. The number of likely N-dealkylation sites (N-methyl/N-ethyl adjacent to an activating group) is 1. The Morgan fingerprint density at radius 2 is 1.65 bits per heavy atom. The summed E-state index contributed by atoms with van der Waals surface area (Å²) in [4.78, 5) is 2.43. The summed E-state index contributed by atoms with van der Waals surface area (Å²) in [5.41, 5.74) is 4.04. The minimum Gasteiger partial charge on any atom is -0.457 e. The molecular weight excluding hydrogens is 246 g/mol. The molecule has 0 radical (unpaired) electrons. The van der Waals surface area contributed by atoms with Crippen LogP contribution >= 0.6 is 0 Å². The zero-order valence-electron chi connectivity index (χ0n) is 12.0. The molecule has 0 unspecified atom stereocenters. The van der Waals surface area contributed by atoms with Crippen LogP contribution in [0, 0.1) is 6.92 Å². The normalized spacial score (nSPS) is 24.3. The maximum Gasteiger partial charge on any atom is 0.131 e.